The molecule has 0 radical (unpaired) electrons. The van der Waals surface area contributed by atoms with Gasteiger partial charge >= 0.3 is 6.09 Å². The molecule has 1 aliphatic rings. The van der Waals surface area contributed by atoms with Crippen LogP contribution in [-0.4, -0.2) is 67.0 Å². The van der Waals surface area contributed by atoms with E-state index in [-0.39, 0.29) is 42.0 Å². The second-order valence-electron chi connectivity index (χ2n) is 9.27. The summed E-state index contributed by atoms with van der Waals surface area (Å²) in [6.45, 7) is 12.2. The normalized spacial score (nSPS) is 20.0. The van der Waals surface area contributed by atoms with Crippen LogP contribution in [0, 0.1) is 0 Å². The standard InChI is InChI=1S/C23H37N5O4.HI/c1-15-18(28(23(5,6)31-15)21(30)32-22(2,3)4)14-27-20(25-8)26-13-16-9-11-17(12-10-16)19(29)24-7;/h9-12,15,18H,13-14H2,1-8H3,(H,24,29)(H2,25,26,27);1H. The summed E-state index contributed by atoms with van der Waals surface area (Å²) in [4.78, 5) is 30.5. The van der Waals surface area contributed by atoms with Gasteiger partial charge in [-0.25, -0.2) is 4.79 Å². The van der Waals surface area contributed by atoms with Crippen LogP contribution < -0.4 is 16.0 Å². The van der Waals surface area contributed by atoms with E-state index in [1.165, 1.54) is 0 Å². The fourth-order valence-corrected chi connectivity index (χ4v) is 3.65. The van der Waals surface area contributed by atoms with E-state index < -0.39 is 17.4 Å². The summed E-state index contributed by atoms with van der Waals surface area (Å²) in [6, 6.07) is 7.12. The fraction of sp³-hybridized carbons (Fsp3) is 0.609. The topological polar surface area (TPSA) is 104 Å². The SMILES string of the molecule is CN=C(NCc1ccc(C(=O)NC)cc1)NCC1C(C)OC(C)(C)N1C(=O)OC(C)(C)C.I. The highest BCUT2D eigenvalue weighted by atomic mass is 127. The van der Waals surface area contributed by atoms with Crippen LogP contribution in [0.2, 0.25) is 0 Å². The van der Waals surface area contributed by atoms with Crippen LogP contribution in [0.4, 0.5) is 4.79 Å². The highest BCUT2D eigenvalue weighted by molar-refractivity contribution is 14.0. The molecular weight excluding hydrogens is 537 g/mol. The second kappa shape index (κ2) is 11.9. The lowest BCUT2D eigenvalue weighted by molar-refractivity contribution is -0.0755. The molecule has 2 atom stereocenters. The number of nitrogens with one attached hydrogen (secondary N) is 3. The minimum atomic E-state index is -0.780. The van der Waals surface area contributed by atoms with Gasteiger partial charge in [-0.1, -0.05) is 12.1 Å². The van der Waals surface area contributed by atoms with Crippen LogP contribution in [-0.2, 0) is 16.0 Å². The minimum absolute atomic E-state index is 0. The highest BCUT2D eigenvalue weighted by Crippen LogP contribution is 2.33. The van der Waals surface area contributed by atoms with Gasteiger partial charge in [0.05, 0.1) is 12.1 Å². The quantitative estimate of drug-likeness (QED) is 0.283. The van der Waals surface area contributed by atoms with E-state index in [4.69, 9.17) is 9.47 Å². The van der Waals surface area contributed by atoms with Crippen molar-refractivity contribution in [2.45, 2.75) is 71.6 Å². The summed E-state index contributed by atoms with van der Waals surface area (Å²) in [7, 11) is 3.29. The van der Waals surface area contributed by atoms with Crippen molar-refractivity contribution in [3.63, 3.8) is 0 Å². The number of benzene rings is 1. The zero-order valence-corrected chi connectivity index (χ0v) is 23.1. The number of guanidine groups is 1. The Morgan fingerprint density at radius 1 is 1.18 bits per heavy atom. The average molecular weight is 575 g/mol. The molecule has 2 rings (SSSR count). The lowest BCUT2D eigenvalue weighted by Gasteiger charge is -2.35. The van der Waals surface area contributed by atoms with Crippen molar-refractivity contribution in [3.8, 4) is 0 Å². The van der Waals surface area contributed by atoms with Crippen molar-refractivity contribution in [2.75, 3.05) is 20.6 Å². The molecule has 33 heavy (non-hydrogen) atoms. The van der Waals surface area contributed by atoms with Gasteiger partial charge in [0.15, 0.2) is 5.96 Å². The first-order chi connectivity index (χ1) is 14.9. The zero-order chi connectivity index (χ0) is 24.1. The number of carbonyl (C=O) groups excluding carboxylic acids is 2. The predicted octanol–water partition coefficient (Wildman–Crippen LogP) is 3.09. The zero-order valence-electron chi connectivity index (χ0n) is 20.8. The molecule has 0 spiro atoms. The molecule has 10 heteroatoms. The third-order valence-electron chi connectivity index (χ3n) is 5.12. The summed E-state index contributed by atoms with van der Waals surface area (Å²) in [5.74, 6) is 0.480. The van der Waals surface area contributed by atoms with Gasteiger partial charge in [0.1, 0.15) is 11.3 Å². The molecule has 3 N–H and O–H groups in total. The van der Waals surface area contributed by atoms with Crippen LogP contribution in [0.5, 0.6) is 0 Å². The molecule has 1 saturated heterocycles. The van der Waals surface area contributed by atoms with E-state index >= 15 is 0 Å². The third kappa shape index (κ3) is 8.02. The van der Waals surface area contributed by atoms with Crippen molar-refractivity contribution >= 4 is 41.9 Å². The molecule has 186 valence electrons. The number of rotatable bonds is 5. The summed E-state index contributed by atoms with van der Waals surface area (Å²) in [6.07, 6.45) is -0.585. The summed E-state index contributed by atoms with van der Waals surface area (Å²) in [5, 5.41) is 9.14. The summed E-state index contributed by atoms with van der Waals surface area (Å²) in [5.41, 5.74) is 0.243. The number of hydrogen-bond acceptors (Lipinski definition) is 5. The van der Waals surface area contributed by atoms with Crippen LogP contribution >= 0.6 is 24.0 Å². The Labute approximate surface area is 214 Å². The Hall–Kier alpha value is -2.08. The molecule has 0 saturated carbocycles. The molecule has 0 aliphatic carbocycles. The lowest BCUT2D eigenvalue weighted by Crippen LogP contribution is -2.54. The molecule has 1 aromatic rings. The maximum atomic E-state index is 12.9. The Morgan fingerprint density at radius 2 is 1.79 bits per heavy atom. The number of halogens is 1. The van der Waals surface area contributed by atoms with Gasteiger partial charge < -0.3 is 25.4 Å². The minimum Gasteiger partial charge on any atom is -0.444 e. The van der Waals surface area contributed by atoms with Gasteiger partial charge in [-0.2, -0.15) is 0 Å². The van der Waals surface area contributed by atoms with E-state index in [0.29, 0.717) is 24.6 Å². The monoisotopic (exact) mass is 575 g/mol. The van der Waals surface area contributed by atoms with Crippen molar-refractivity contribution < 1.29 is 19.1 Å². The molecule has 1 aromatic carbocycles. The van der Waals surface area contributed by atoms with Gasteiger partial charge in [-0.05, 0) is 59.2 Å². The van der Waals surface area contributed by atoms with E-state index in [0.717, 1.165) is 5.56 Å². The molecule has 0 bridgehead atoms. The maximum Gasteiger partial charge on any atom is 0.412 e. The Bertz CT molecular complexity index is 836. The van der Waals surface area contributed by atoms with Gasteiger partial charge in [-0.3, -0.25) is 14.7 Å². The number of ether oxygens (including phenoxy) is 2. The molecule has 1 heterocycles. The molecule has 2 unspecified atom stereocenters. The predicted molar refractivity (Wildman–Crippen MR) is 140 cm³/mol. The van der Waals surface area contributed by atoms with Gasteiger partial charge in [-0.15, -0.1) is 24.0 Å². The summed E-state index contributed by atoms with van der Waals surface area (Å²) >= 11 is 0. The Kier molecular flexibility index (Phi) is 10.4. The number of nitrogens with zero attached hydrogens (tertiary/aromatic N) is 2. The largest absolute Gasteiger partial charge is 0.444 e. The average Bonchev–Trinajstić information content (AvgIpc) is 2.94. The second-order valence-corrected chi connectivity index (χ2v) is 9.27. The van der Waals surface area contributed by atoms with Crippen molar-refractivity contribution in [3.05, 3.63) is 35.4 Å². The number of aliphatic imine (C=N–C) groups is 1. The first-order valence-corrected chi connectivity index (χ1v) is 10.8. The molecule has 2 amide bonds. The molecule has 1 aliphatic heterocycles. The van der Waals surface area contributed by atoms with Crippen molar-refractivity contribution in [1.29, 1.82) is 0 Å². The lowest BCUT2D eigenvalue weighted by atomic mass is 10.1. The van der Waals surface area contributed by atoms with Crippen LogP contribution in [0.15, 0.2) is 29.3 Å². The van der Waals surface area contributed by atoms with Crippen LogP contribution in [0.1, 0.15) is 57.5 Å². The van der Waals surface area contributed by atoms with Gasteiger partial charge in [0, 0.05) is 32.7 Å². The molecule has 9 nitrogen and oxygen atoms in total. The Balaban J connectivity index is 0.00000544. The number of carbonyl (C=O) groups is 2. The van der Waals surface area contributed by atoms with Crippen LogP contribution in [0.25, 0.3) is 0 Å². The van der Waals surface area contributed by atoms with E-state index in [1.54, 1.807) is 31.1 Å². The first kappa shape index (κ1) is 29.0. The van der Waals surface area contributed by atoms with Crippen LogP contribution in [0.3, 0.4) is 0 Å². The van der Waals surface area contributed by atoms with Crippen molar-refractivity contribution in [2.24, 2.45) is 4.99 Å². The fourth-order valence-electron chi connectivity index (χ4n) is 3.65. The smallest absolute Gasteiger partial charge is 0.412 e. The Morgan fingerprint density at radius 3 is 2.30 bits per heavy atom. The summed E-state index contributed by atoms with van der Waals surface area (Å²) < 4.78 is 11.7. The highest BCUT2D eigenvalue weighted by Gasteiger charge is 2.49. The van der Waals surface area contributed by atoms with E-state index in [2.05, 4.69) is 20.9 Å². The molecular formula is C23H38IN5O4. The third-order valence-corrected chi connectivity index (χ3v) is 5.12. The molecule has 0 aromatic heterocycles. The van der Waals surface area contributed by atoms with E-state index in [9.17, 15) is 9.59 Å². The number of hydrogen-bond donors (Lipinski definition) is 3. The van der Waals surface area contributed by atoms with Crippen molar-refractivity contribution in [1.82, 2.24) is 20.9 Å². The molecule has 1 fully saturated rings. The van der Waals surface area contributed by atoms with Gasteiger partial charge in [0.25, 0.3) is 5.91 Å². The number of amides is 2. The first-order valence-electron chi connectivity index (χ1n) is 10.8. The van der Waals surface area contributed by atoms with E-state index in [1.807, 2.05) is 53.7 Å². The van der Waals surface area contributed by atoms with Gasteiger partial charge in [0.2, 0.25) is 0 Å². The maximum absolute atomic E-state index is 12.9.